The molecule has 7 heteroatoms. The van der Waals surface area contributed by atoms with E-state index in [2.05, 4.69) is 25.1 Å². The second-order valence-electron chi connectivity index (χ2n) is 7.35. The lowest BCUT2D eigenvalue weighted by Gasteiger charge is -2.08. The number of benzene rings is 2. The summed E-state index contributed by atoms with van der Waals surface area (Å²) < 4.78 is 15.5. The fourth-order valence-electron chi connectivity index (χ4n) is 3.83. The molecule has 0 aliphatic carbocycles. The zero-order valence-corrected chi connectivity index (χ0v) is 15.8. The lowest BCUT2D eigenvalue weighted by molar-refractivity contribution is 0.102. The van der Waals surface area contributed by atoms with Crippen molar-refractivity contribution >= 4 is 22.5 Å². The summed E-state index contributed by atoms with van der Waals surface area (Å²) in [4.78, 5) is 15.6. The number of fused-ring (bicyclic) bond motifs is 2. The van der Waals surface area contributed by atoms with Crippen LogP contribution >= 0.6 is 0 Å². The van der Waals surface area contributed by atoms with Gasteiger partial charge in [0.25, 0.3) is 5.91 Å². The van der Waals surface area contributed by atoms with Crippen molar-refractivity contribution in [2.24, 2.45) is 0 Å². The van der Waals surface area contributed by atoms with Crippen LogP contribution in [0.2, 0.25) is 0 Å². The molecule has 146 valence electrons. The minimum absolute atomic E-state index is 0.272. The number of nitrogens with one attached hydrogen (secondary N) is 2. The molecule has 2 aromatic carbocycles. The largest absolute Gasteiger partial charge is 0.351 e. The van der Waals surface area contributed by atoms with Gasteiger partial charge in [-0.3, -0.25) is 4.79 Å². The number of aryl methyl sites for hydroxylation is 1. The Balaban J connectivity index is 1.35. The molecule has 1 aliphatic rings. The molecular weight excluding hydrogens is 369 g/mol. The second-order valence-corrected chi connectivity index (χ2v) is 7.35. The Kier molecular flexibility index (Phi) is 4.35. The Labute approximate surface area is 166 Å². The Morgan fingerprint density at radius 3 is 2.76 bits per heavy atom. The highest BCUT2D eigenvalue weighted by Crippen LogP contribution is 2.24. The molecule has 0 atom stereocenters. The lowest BCUT2D eigenvalue weighted by atomic mass is 10.2. The number of carbonyl (C=O) groups excluding carboxylic acids is 1. The molecule has 0 radical (unpaired) electrons. The third kappa shape index (κ3) is 3.40. The van der Waals surface area contributed by atoms with Crippen molar-refractivity contribution in [2.45, 2.75) is 32.2 Å². The molecule has 1 amide bonds. The molecule has 0 saturated heterocycles. The summed E-state index contributed by atoms with van der Waals surface area (Å²) in [7, 11) is 0. The highest BCUT2D eigenvalue weighted by Gasteiger charge is 2.16. The maximum atomic E-state index is 13.4. The van der Waals surface area contributed by atoms with E-state index in [0.717, 1.165) is 48.5 Å². The van der Waals surface area contributed by atoms with E-state index in [4.69, 9.17) is 0 Å². The van der Waals surface area contributed by atoms with E-state index in [-0.39, 0.29) is 11.7 Å². The molecule has 0 saturated carbocycles. The van der Waals surface area contributed by atoms with Gasteiger partial charge in [0.05, 0.1) is 0 Å². The first-order chi connectivity index (χ1) is 14.2. The number of anilines is 1. The third-order valence-electron chi connectivity index (χ3n) is 5.34. The number of aromatic amines is 1. The van der Waals surface area contributed by atoms with E-state index in [1.54, 1.807) is 12.1 Å². The topological polar surface area (TPSA) is 75.6 Å². The summed E-state index contributed by atoms with van der Waals surface area (Å²) >= 11 is 0. The molecule has 0 fully saturated rings. The fourth-order valence-corrected chi connectivity index (χ4v) is 3.83. The van der Waals surface area contributed by atoms with Crippen LogP contribution in [0.4, 0.5) is 10.1 Å². The minimum Gasteiger partial charge on any atom is -0.351 e. The fraction of sp³-hybridized carbons (Fsp3) is 0.227. The molecular formula is C22H20FN5O. The van der Waals surface area contributed by atoms with Crippen LogP contribution in [-0.4, -0.2) is 25.7 Å². The molecule has 4 aromatic rings. The van der Waals surface area contributed by atoms with Crippen molar-refractivity contribution < 1.29 is 9.18 Å². The SMILES string of the molecule is O=C(Nc1ccc(-c2nnc3n2CCCCC3)cc1)c1cc2cc(F)ccc2[nH]1. The Morgan fingerprint density at radius 1 is 1.03 bits per heavy atom. The van der Waals surface area contributed by atoms with E-state index in [9.17, 15) is 9.18 Å². The normalized spacial score (nSPS) is 13.8. The summed E-state index contributed by atoms with van der Waals surface area (Å²) in [6.45, 7) is 0.942. The molecule has 2 aromatic heterocycles. The minimum atomic E-state index is -0.328. The maximum Gasteiger partial charge on any atom is 0.272 e. The molecule has 29 heavy (non-hydrogen) atoms. The molecule has 6 nitrogen and oxygen atoms in total. The third-order valence-corrected chi connectivity index (χ3v) is 5.34. The van der Waals surface area contributed by atoms with Crippen LogP contribution in [0.25, 0.3) is 22.3 Å². The van der Waals surface area contributed by atoms with Crippen LogP contribution in [0.15, 0.2) is 48.5 Å². The number of aromatic nitrogens is 4. The number of H-pyrrole nitrogens is 1. The van der Waals surface area contributed by atoms with Crippen LogP contribution < -0.4 is 5.32 Å². The molecule has 0 spiro atoms. The van der Waals surface area contributed by atoms with Gasteiger partial charge >= 0.3 is 0 Å². The maximum absolute atomic E-state index is 13.4. The van der Waals surface area contributed by atoms with Gasteiger partial charge in [-0.05, 0) is 61.4 Å². The summed E-state index contributed by atoms with van der Waals surface area (Å²) in [5.74, 6) is 1.32. The number of carbonyl (C=O) groups is 1. The lowest BCUT2D eigenvalue weighted by Crippen LogP contribution is -2.12. The molecule has 5 rings (SSSR count). The van der Waals surface area contributed by atoms with Gasteiger partial charge in [-0.15, -0.1) is 10.2 Å². The van der Waals surface area contributed by atoms with Gasteiger partial charge in [0.1, 0.15) is 17.3 Å². The van der Waals surface area contributed by atoms with Gasteiger partial charge in [-0.25, -0.2) is 4.39 Å². The average molecular weight is 389 g/mol. The summed E-state index contributed by atoms with van der Waals surface area (Å²) in [5.41, 5.74) is 2.76. The van der Waals surface area contributed by atoms with Gasteiger partial charge in [0.2, 0.25) is 0 Å². The Hall–Kier alpha value is -3.48. The summed E-state index contributed by atoms with van der Waals surface area (Å²) in [6, 6.07) is 13.6. The van der Waals surface area contributed by atoms with Gasteiger partial charge < -0.3 is 14.9 Å². The van der Waals surface area contributed by atoms with Gasteiger partial charge in [-0.2, -0.15) is 0 Å². The molecule has 1 aliphatic heterocycles. The zero-order chi connectivity index (χ0) is 19.8. The van der Waals surface area contributed by atoms with Crippen molar-refractivity contribution in [1.82, 2.24) is 19.7 Å². The first kappa shape index (κ1) is 17.6. The van der Waals surface area contributed by atoms with Crippen LogP contribution in [-0.2, 0) is 13.0 Å². The Morgan fingerprint density at radius 2 is 1.90 bits per heavy atom. The molecule has 2 N–H and O–H groups in total. The highest BCUT2D eigenvalue weighted by molar-refractivity contribution is 6.06. The van der Waals surface area contributed by atoms with Crippen molar-refractivity contribution in [3.8, 4) is 11.4 Å². The van der Waals surface area contributed by atoms with Gasteiger partial charge in [-0.1, -0.05) is 6.42 Å². The van der Waals surface area contributed by atoms with E-state index >= 15 is 0 Å². The van der Waals surface area contributed by atoms with E-state index in [1.165, 1.54) is 18.6 Å². The number of hydrogen-bond donors (Lipinski definition) is 2. The van der Waals surface area contributed by atoms with E-state index < -0.39 is 0 Å². The zero-order valence-electron chi connectivity index (χ0n) is 15.8. The standard InChI is InChI=1S/C22H20FN5O/c23-16-7-10-18-15(12-16)13-19(25-18)22(29)24-17-8-5-14(6-9-17)21-27-26-20-4-2-1-3-11-28(20)21/h5-10,12-13,25H,1-4,11H2,(H,24,29). The predicted octanol–water partition coefficient (Wildman–Crippen LogP) is 4.54. The smallest absolute Gasteiger partial charge is 0.272 e. The monoisotopic (exact) mass is 389 g/mol. The highest BCUT2D eigenvalue weighted by atomic mass is 19.1. The van der Waals surface area contributed by atoms with Gasteiger partial charge in [0.15, 0.2) is 5.82 Å². The average Bonchev–Trinajstić information content (AvgIpc) is 3.25. The number of rotatable bonds is 3. The molecule has 3 heterocycles. The summed E-state index contributed by atoms with van der Waals surface area (Å²) in [6.07, 6.45) is 4.48. The number of nitrogens with zero attached hydrogens (tertiary/aromatic N) is 3. The van der Waals surface area contributed by atoms with Crippen molar-refractivity contribution in [3.05, 3.63) is 65.9 Å². The number of amides is 1. The van der Waals surface area contributed by atoms with Gasteiger partial charge in [0, 0.05) is 35.1 Å². The van der Waals surface area contributed by atoms with Crippen LogP contribution in [0.3, 0.4) is 0 Å². The summed E-state index contributed by atoms with van der Waals surface area (Å²) in [5, 5.41) is 12.2. The molecule has 0 bridgehead atoms. The second kappa shape index (κ2) is 7.16. The van der Waals surface area contributed by atoms with Crippen molar-refractivity contribution in [3.63, 3.8) is 0 Å². The van der Waals surface area contributed by atoms with Crippen LogP contribution in [0.5, 0.6) is 0 Å². The first-order valence-corrected chi connectivity index (χ1v) is 9.79. The van der Waals surface area contributed by atoms with Crippen LogP contribution in [0, 0.1) is 5.82 Å². The quantitative estimate of drug-likeness (QED) is 0.540. The number of hydrogen-bond acceptors (Lipinski definition) is 3. The van der Waals surface area contributed by atoms with Crippen molar-refractivity contribution in [1.29, 1.82) is 0 Å². The Bertz CT molecular complexity index is 1190. The predicted molar refractivity (Wildman–Crippen MR) is 109 cm³/mol. The molecule has 0 unspecified atom stereocenters. The van der Waals surface area contributed by atoms with Crippen LogP contribution in [0.1, 0.15) is 35.6 Å². The number of halogens is 1. The first-order valence-electron chi connectivity index (χ1n) is 9.79. The van der Waals surface area contributed by atoms with E-state index in [0.29, 0.717) is 16.8 Å². The van der Waals surface area contributed by atoms with E-state index in [1.807, 2.05) is 24.3 Å². The van der Waals surface area contributed by atoms with Crippen molar-refractivity contribution in [2.75, 3.05) is 5.32 Å².